The summed E-state index contributed by atoms with van der Waals surface area (Å²) in [6.07, 6.45) is -0.250. The van der Waals surface area contributed by atoms with E-state index in [1.165, 1.54) is 0 Å². The van der Waals surface area contributed by atoms with E-state index in [1.807, 2.05) is 0 Å². The molecule has 0 aromatic heterocycles. The third kappa shape index (κ3) is 2.95. The maximum Gasteiger partial charge on any atom is 0.207 e. The van der Waals surface area contributed by atoms with Gasteiger partial charge in [0.25, 0.3) is 0 Å². The van der Waals surface area contributed by atoms with Crippen LogP contribution in [-0.4, -0.2) is 17.2 Å². The van der Waals surface area contributed by atoms with Crippen LogP contribution < -0.4 is 9.47 Å². The van der Waals surface area contributed by atoms with Crippen LogP contribution >= 0.6 is 0 Å². The van der Waals surface area contributed by atoms with Gasteiger partial charge in [0.1, 0.15) is 23.5 Å². The van der Waals surface area contributed by atoms with E-state index in [-0.39, 0.29) is 0 Å². The maximum atomic E-state index is 10.6. The molecule has 5 nitrogen and oxygen atoms in total. The van der Waals surface area contributed by atoms with Crippen molar-refractivity contribution in [3.8, 4) is 17.2 Å². The topological polar surface area (TPSA) is 65.0 Å². The Morgan fingerprint density at radius 1 is 1.14 bits per heavy atom. The third-order valence-electron chi connectivity index (χ3n) is 3.25. The fraction of sp³-hybridized carbons (Fsp3) is 0.235. The smallest absolute Gasteiger partial charge is 0.207 e. The fourth-order valence-corrected chi connectivity index (χ4v) is 2.24. The Morgan fingerprint density at radius 3 is 2.50 bits per heavy atom. The summed E-state index contributed by atoms with van der Waals surface area (Å²) < 4.78 is 16.8. The highest BCUT2D eigenvalue weighted by molar-refractivity contribution is 5.74. The van der Waals surface area contributed by atoms with Gasteiger partial charge in [-0.1, -0.05) is 0 Å². The standard InChI is InChI=1S/C17H16O5/c1-17(2)21-15-9-13(7-8-14(15)16(19)22-17)20-12-5-3-11(10-18)4-6-12/h3-10,16,19H,1-2H3. The molecule has 1 heterocycles. The van der Waals surface area contributed by atoms with E-state index >= 15 is 0 Å². The van der Waals surface area contributed by atoms with Gasteiger partial charge in [0.05, 0.1) is 5.56 Å². The van der Waals surface area contributed by atoms with Gasteiger partial charge in [-0.25, -0.2) is 0 Å². The Kier molecular flexibility index (Phi) is 3.60. The molecule has 0 saturated carbocycles. The van der Waals surface area contributed by atoms with Crippen LogP contribution in [0, 0.1) is 0 Å². The van der Waals surface area contributed by atoms with Crippen molar-refractivity contribution in [1.29, 1.82) is 0 Å². The van der Waals surface area contributed by atoms with Crippen molar-refractivity contribution in [3.63, 3.8) is 0 Å². The predicted octanol–water partition coefficient (Wildman–Crippen LogP) is 3.43. The summed E-state index contributed by atoms with van der Waals surface area (Å²) in [5.74, 6) is 0.794. The lowest BCUT2D eigenvalue weighted by Gasteiger charge is -2.35. The zero-order valence-electron chi connectivity index (χ0n) is 12.3. The van der Waals surface area contributed by atoms with E-state index in [0.29, 0.717) is 28.4 Å². The van der Waals surface area contributed by atoms with Gasteiger partial charge in [-0.3, -0.25) is 4.79 Å². The number of fused-ring (bicyclic) bond motifs is 1. The van der Waals surface area contributed by atoms with Gasteiger partial charge < -0.3 is 19.3 Å². The number of aliphatic hydroxyl groups excluding tert-OH is 1. The second-order valence-corrected chi connectivity index (χ2v) is 5.46. The molecule has 1 atom stereocenters. The van der Waals surface area contributed by atoms with Gasteiger partial charge in [0.15, 0.2) is 6.29 Å². The number of carbonyl (C=O) groups excluding carboxylic acids is 1. The first-order chi connectivity index (χ1) is 10.5. The van der Waals surface area contributed by atoms with Crippen molar-refractivity contribution in [1.82, 2.24) is 0 Å². The minimum absolute atomic E-state index is 0.519. The number of benzene rings is 2. The monoisotopic (exact) mass is 300 g/mol. The summed E-state index contributed by atoms with van der Waals surface area (Å²) >= 11 is 0. The van der Waals surface area contributed by atoms with Crippen molar-refractivity contribution >= 4 is 6.29 Å². The van der Waals surface area contributed by atoms with E-state index in [0.717, 1.165) is 6.29 Å². The van der Waals surface area contributed by atoms with Crippen LogP contribution in [0.15, 0.2) is 42.5 Å². The van der Waals surface area contributed by atoms with Crippen molar-refractivity contribution in [2.45, 2.75) is 25.9 Å². The Balaban J connectivity index is 1.85. The van der Waals surface area contributed by atoms with E-state index in [1.54, 1.807) is 56.3 Å². The van der Waals surface area contributed by atoms with Crippen LogP contribution in [0.5, 0.6) is 17.2 Å². The molecule has 1 unspecified atom stereocenters. The Bertz CT molecular complexity index is 691. The largest absolute Gasteiger partial charge is 0.462 e. The number of aliphatic hydroxyl groups is 1. The van der Waals surface area contributed by atoms with Crippen LogP contribution in [0.2, 0.25) is 0 Å². The number of hydrogen-bond acceptors (Lipinski definition) is 5. The van der Waals surface area contributed by atoms with Crippen molar-refractivity contribution < 1.29 is 24.1 Å². The van der Waals surface area contributed by atoms with E-state index < -0.39 is 12.1 Å². The van der Waals surface area contributed by atoms with Crippen LogP contribution in [0.1, 0.15) is 36.1 Å². The van der Waals surface area contributed by atoms with Gasteiger partial charge in [-0.15, -0.1) is 0 Å². The molecule has 0 aliphatic carbocycles. The average molecular weight is 300 g/mol. The first-order valence-corrected chi connectivity index (χ1v) is 6.89. The summed E-state index contributed by atoms with van der Waals surface area (Å²) in [6, 6.07) is 11.9. The number of hydrogen-bond donors (Lipinski definition) is 1. The van der Waals surface area contributed by atoms with E-state index in [9.17, 15) is 9.90 Å². The van der Waals surface area contributed by atoms with Crippen molar-refractivity contribution in [2.75, 3.05) is 0 Å². The number of ether oxygens (including phenoxy) is 3. The molecule has 22 heavy (non-hydrogen) atoms. The molecule has 0 bridgehead atoms. The molecule has 114 valence electrons. The van der Waals surface area contributed by atoms with Crippen LogP contribution in [0.25, 0.3) is 0 Å². The summed E-state index contributed by atoms with van der Waals surface area (Å²) in [5.41, 5.74) is 1.14. The zero-order chi connectivity index (χ0) is 15.7. The highest BCUT2D eigenvalue weighted by Crippen LogP contribution is 2.39. The van der Waals surface area contributed by atoms with Crippen molar-refractivity contribution in [2.24, 2.45) is 0 Å². The molecule has 0 saturated heterocycles. The number of rotatable bonds is 3. The highest BCUT2D eigenvalue weighted by Gasteiger charge is 2.33. The maximum absolute atomic E-state index is 10.6. The van der Waals surface area contributed by atoms with Crippen LogP contribution in [0.3, 0.4) is 0 Å². The molecule has 0 radical (unpaired) electrons. The Morgan fingerprint density at radius 2 is 1.82 bits per heavy atom. The minimum Gasteiger partial charge on any atom is -0.462 e. The first kappa shape index (κ1) is 14.6. The fourth-order valence-electron chi connectivity index (χ4n) is 2.24. The molecule has 0 amide bonds. The Labute approximate surface area is 128 Å². The lowest BCUT2D eigenvalue weighted by atomic mass is 10.1. The molecule has 5 heteroatoms. The molecular weight excluding hydrogens is 284 g/mol. The first-order valence-electron chi connectivity index (χ1n) is 6.89. The quantitative estimate of drug-likeness (QED) is 0.880. The SMILES string of the molecule is CC1(C)Oc2cc(Oc3ccc(C=O)cc3)ccc2C(O)O1. The summed E-state index contributed by atoms with van der Waals surface area (Å²) in [6.45, 7) is 3.45. The predicted molar refractivity (Wildman–Crippen MR) is 79.1 cm³/mol. The summed E-state index contributed by atoms with van der Waals surface area (Å²) in [7, 11) is 0. The minimum atomic E-state index is -1.03. The van der Waals surface area contributed by atoms with Gasteiger partial charge in [-0.05, 0) is 36.4 Å². The molecule has 0 spiro atoms. The Hall–Kier alpha value is -2.37. The van der Waals surface area contributed by atoms with Gasteiger partial charge in [0.2, 0.25) is 5.79 Å². The molecule has 1 aliphatic heterocycles. The number of carbonyl (C=O) groups is 1. The lowest BCUT2D eigenvalue weighted by molar-refractivity contribution is -0.267. The summed E-state index contributed by atoms with van der Waals surface area (Å²) in [5, 5.41) is 9.96. The van der Waals surface area contributed by atoms with Crippen molar-refractivity contribution in [3.05, 3.63) is 53.6 Å². The highest BCUT2D eigenvalue weighted by atomic mass is 16.8. The molecule has 2 aromatic rings. The van der Waals surface area contributed by atoms with Gasteiger partial charge >= 0.3 is 0 Å². The molecule has 1 N–H and O–H groups in total. The van der Waals surface area contributed by atoms with E-state index in [4.69, 9.17) is 14.2 Å². The molecular formula is C17H16O5. The van der Waals surface area contributed by atoms with Crippen LogP contribution in [0.4, 0.5) is 0 Å². The lowest BCUT2D eigenvalue weighted by Crippen LogP contribution is -2.37. The molecule has 0 fully saturated rings. The normalized spacial score (nSPS) is 19.0. The second-order valence-electron chi connectivity index (χ2n) is 5.46. The zero-order valence-corrected chi connectivity index (χ0v) is 12.3. The van der Waals surface area contributed by atoms with Gasteiger partial charge in [0, 0.05) is 25.5 Å². The second kappa shape index (κ2) is 5.44. The molecule has 2 aromatic carbocycles. The average Bonchev–Trinajstić information content (AvgIpc) is 2.46. The molecule has 3 rings (SSSR count). The van der Waals surface area contributed by atoms with E-state index in [2.05, 4.69) is 0 Å². The summed E-state index contributed by atoms with van der Waals surface area (Å²) in [4.78, 5) is 10.6. The third-order valence-corrected chi connectivity index (χ3v) is 3.25. The van der Waals surface area contributed by atoms with Crippen LogP contribution in [-0.2, 0) is 4.74 Å². The molecule has 1 aliphatic rings. The van der Waals surface area contributed by atoms with Gasteiger partial charge in [-0.2, -0.15) is 0 Å². The number of aldehydes is 1.